The van der Waals surface area contributed by atoms with Crippen LogP contribution in [0.1, 0.15) is 12.5 Å². The Balaban J connectivity index is 1.22. The molecule has 1 atom stereocenters. The number of amides is 1. The summed E-state index contributed by atoms with van der Waals surface area (Å²) in [7, 11) is 0. The van der Waals surface area contributed by atoms with Gasteiger partial charge in [0.2, 0.25) is 11.8 Å². The normalized spacial score (nSPS) is 15.1. The molecule has 1 saturated heterocycles. The molecule has 13 nitrogen and oxygen atoms in total. The van der Waals surface area contributed by atoms with E-state index < -0.39 is 5.54 Å². The molecular formula is C31H31N9O4. The Morgan fingerprint density at radius 1 is 1.00 bits per heavy atom. The van der Waals surface area contributed by atoms with E-state index in [1.165, 1.54) is 4.52 Å². The van der Waals surface area contributed by atoms with Crippen molar-refractivity contribution in [1.82, 2.24) is 34.3 Å². The summed E-state index contributed by atoms with van der Waals surface area (Å²) in [6.45, 7) is 4.47. The predicted octanol–water partition coefficient (Wildman–Crippen LogP) is 2.80. The summed E-state index contributed by atoms with van der Waals surface area (Å²) in [5, 5.41) is 18.8. The van der Waals surface area contributed by atoms with Gasteiger partial charge in [0.15, 0.2) is 22.6 Å². The number of nitrogen functional groups attached to an aromatic ring is 1. The number of rotatable bonds is 8. The number of aliphatic hydroxyl groups is 1. The lowest BCUT2D eigenvalue weighted by Crippen LogP contribution is -2.56. The largest absolute Gasteiger partial charge is 0.491 e. The SMILES string of the molecule is CC(C(=O)N1CCN(c2ccc(OCCO)cc2)CC1)(c1ccccc1)n1ncc2c1nc(N)n1nc(-c3ccco3)nc21. The van der Waals surface area contributed by atoms with E-state index in [2.05, 4.69) is 20.0 Å². The zero-order valence-corrected chi connectivity index (χ0v) is 24.1. The maximum atomic E-state index is 14.6. The third-order valence-electron chi connectivity index (χ3n) is 8.08. The summed E-state index contributed by atoms with van der Waals surface area (Å²) >= 11 is 0. The first kappa shape index (κ1) is 27.4. The Morgan fingerprint density at radius 3 is 2.48 bits per heavy atom. The number of aliphatic hydroxyl groups excluding tert-OH is 1. The zero-order valence-electron chi connectivity index (χ0n) is 24.1. The number of carbonyl (C=O) groups excluding carboxylic acids is 1. The van der Waals surface area contributed by atoms with Gasteiger partial charge < -0.3 is 29.8 Å². The van der Waals surface area contributed by atoms with Crippen LogP contribution in [0, 0.1) is 0 Å². The topological polar surface area (TPSA) is 153 Å². The molecule has 224 valence electrons. The van der Waals surface area contributed by atoms with Crippen molar-refractivity contribution in [2.24, 2.45) is 0 Å². The molecule has 0 radical (unpaired) electrons. The van der Waals surface area contributed by atoms with Gasteiger partial charge in [-0.3, -0.25) is 4.79 Å². The van der Waals surface area contributed by atoms with Crippen LogP contribution in [0.3, 0.4) is 0 Å². The lowest BCUT2D eigenvalue weighted by Gasteiger charge is -2.40. The first-order valence-corrected chi connectivity index (χ1v) is 14.4. The van der Waals surface area contributed by atoms with Gasteiger partial charge in [-0.25, -0.2) is 9.67 Å². The van der Waals surface area contributed by atoms with Crippen LogP contribution >= 0.6 is 0 Å². The molecule has 1 aliphatic heterocycles. The van der Waals surface area contributed by atoms with Crippen molar-refractivity contribution in [1.29, 1.82) is 0 Å². The maximum absolute atomic E-state index is 14.6. The summed E-state index contributed by atoms with van der Waals surface area (Å²) < 4.78 is 14.1. The van der Waals surface area contributed by atoms with Gasteiger partial charge in [0, 0.05) is 31.9 Å². The molecule has 6 aromatic rings. The number of furan rings is 1. The second-order valence-electron chi connectivity index (χ2n) is 10.7. The average molecular weight is 594 g/mol. The van der Waals surface area contributed by atoms with Crippen LogP contribution < -0.4 is 15.4 Å². The highest BCUT2D eigenvalue weighted by Gasteiger charge is 2.43. The zero-order chi connectivity index (χ0) is 30.3. The number of benzene rings is 2. The number of hydrogen-bond acceptors (Lipinski definition) is 10. The molecule has 0 bridgehead atoms. The maximum Gasteiger partial charge on any atom is 0.255 e. The van der Waals surface area contributed by atoms with Crippen molar-refractivity contribution in [2.75, 3.05) is 50.0 Å². The number of hydrogen-bond donors (Lipinski definition) is 2. The fourth-order valence-corrected chi connectivity index (χ4v) is 5.74. The molecule has 44 heavy (non-hydrogen) atoms. The van der Waals surface area contributed by atoms with Crippen LogP contribution in [-0.4, -0.2) is 84.7 Å². The number of ether oxygens (including phenoxy) is 1. The third-order valence-corrected chi connectivity index (χ3v) is 8.08. The molecule has 13 heteroatoms. The van der Waals surface area contributed by atoms with E-state index in [1.807, 2.05) is 66.4 Å². The van der Waals surface area contributed by atoms with E-state index in [4.69, 9.17) is 25.1 Å². The fraction of sp³-hybridized carbons (Fsp3) is 0.258. The van der Waals surface area contributed by atoms with Crippen molar-refractivity contribution < 1.29 is 19.1 Å². The number of fused-ring (bicyclic) bond motifs is 3. The first-order valence-electron chi connectivity index (χ1n) is 14.4. The number of nitrogens with zero attached hydrogens (tertiary/aromatic N) is 8. The molecule has 1 amide bonds. The van der Waals surface area contributed by atoms with Crippen molar-refractivity contribution in [3.63, 3.8) is 0 Å². The van der Waals surface area contributed by atoms with Gasteiger partial charge in [-0.2, -0.15) is 14.6 Å². The standard InChI is InChI=1S/C31H31N9O4/c1-31(21-6-3-2-4-7-21,29(42)38-15-13-37(14-16-38)22-9-11-23(12-10-22)43-19-17-41)40-28-24(20-33-40)27-34-26(25-8-5-18-44-25)36-39(27)30(32)35-28/h2-12,18,20,41H,13-17,19H2,1H3,(H2,32,35). The molecule has 0 aliphatic carbocycles. The highest BCUT2D eigenvalue weighted by Crippen LogP contribution is 2.33. The molecule has 3 N–H and O–H groups in total. The van der Waals surface area contributed by atoms with Crippen LogP contribution in [0.2, 0.25) is 0 Å². The molecule has 7 rings (SSSR count). The van der Waals surface area contributed by atoms with Gasteiger partial charge in [-0.15, -0.1) is 5.10 Å². The Hall–Kier alpha value is -5.43. The van der Waals surface area contributed by atoms with E-state index in [-0.39, 0.29) is 25.1 Å². The minimum atomic E-state index is -1.22. The number of anilines is 2. The third kappa shape index (κ3) is 4.57. The van der Waals surface area contributed by atoms with E-state index in [1.54, 1.807) is 29.3 Å². The van der Waals surface area contributed by atoms with Crippen LogP contribution in [0.15, 0.2) is 83.6 Å². The van der Waals surface area contributed by atoms with E-state index >= 15 is 0 Å². The summed E-state index contributed by atoms with van der Waals surface area (Å²) in [5.41, 5.74) is 7.87. The quantitative estimate of drug-likeness (QED) is 0.269. The van der Waals surface area contributed by atoms with Gasteiger partial charge in [0.25, 0.3) is 5.91 Å². The molecule has 4 aromatic heterocycles. The second kappa shape index (κ2) is 11.0. The summed E-state index contributed by atoms with van der Waals surface area (Å²) in [6.07, 6.45) is 3.20. The first-order chi connectivity index (χ1) is 21.5. The Labute approximate surface area is 252 Å². The van der Waals surface area contributed by atoms with Gasteiger partial charge >= 0.3 is 0 Å². The number of aromatic nitrogens is 6. The number of carbonyl (C=O) groups is 1. The predicted molar refractivity (Wildman–Crippen MR) is 163 cm³/mol. The molecule has 2 aromatic carbocycles. The van der Waals surface area contributed by atoms with Crippen molar-refractivity contribution in [3.8, 4) is 17.3 Å². The summed E-state index contributed by atoms with van der Waals surface area (Å²) in [5.74, 6) is 1.60. The van der Waals surface area contributed by atoms with Crippen LogP contribution in [-0.2, 0) is 10.3 Å². The summed E-state index contributed by atoms with van der Waals surface area (Å²) in [6, 6.07) is 20.9. The lowest BCUT2D eigenvalue weighted by molar-refractivity contribution is -0.138. The average Bonchev–Trinajstić information content (AvgIpc) is 3.84. The molecule has 0 spiro atoms. The number of nitrogens with two attached hydrogens (primary N) is 1. The second-order valence-corrected chi connectivity index (χ2v) is 10.7. The molecule has 1 fully saturated rings. The highest BCUT2D eigenvalue weighted by molar-refractivity contribution is 5.94. The van der Waals surface area contributed by atoms with Gasteiger partial charge in [-0.1, -0.05) is 30.3 Å². The van der Waals surface area contributed by atoms with Crippen LogP contribution in [0.25, 0.3) is 28.3 Å². The molecule has 1 unspecified atom stereocenters. The summed E-state index contributed by atoms with van der Waals surface area (Å²) in [4.78, 5) is 28.0. The molecule has 0 saturated carbocycles. The highest BCUT2D eigenvalue weighted by atomic mass is 16.5. The van der Waals surface area contributed by atoms with Crippen LogP contribution in [0.5, 0.6) is 5.75 Å². The van der Waals surface area contributed by atoms with Crippen molar-refractivity contribution >= 4 is 34.2 Å². The Morgan fingerprint density at radius 2 is 1.77 bits per heavy atom. The molecule has 5 heterocycles. The molecular weight excluding hydrogens is 562 g/mol. The fourth-order valence-electron chi connectivity index (χ4n) is 5.74. The van der Waals surface area contributed by atoms with E-state index in [0.717, 1.165) is 11.3 Å². The van der Waals surface area contributed by atoms with Gasteiger partial charge in [0.1, 0.15) is 12.4 Å². The Kier molecular flexibility index (Phi) is 6.85. The number of piperazine rings is 1. The van der Waals surface area contributed by atoms with Crippen molar-refractivity contribution in [3.05, 3.63) is 84.8 Å². The monoisotopic (exact) mass is 593 g/mol. The molecule has 1 aliphatic rings. The Bertz CT molecular complexity index is 1910. The minimum absolute atomic E-state index is 0.0327. The van der Waals surface area contributed by atoms with Gasteiger partial charge in [-0.05, 0) is 48.9 Å². The van der Waals surface area contributed by atoms with E-state index in [0.29, 0.717) is 60.2 Å². The minimum Gasteiger partial charge on any atom is -0.491 e. The lowest BCUT2D eigenvalue weighted by atomic mass is 9.90. The van der Waals surface area contributed by atoms with Gasteiger partial charge in [0.05, 0.1) is 24.5 Å². The smallest absolute Gasteiger partial charge is 0.255 e. The van der Waals surface area contributed by atoms with Crippen LogP contribution in [0.4, 0.5) is 11.6 Å². The van der Waals surface area contributed by atoms with E-state index in [9.17, 15) is 4.79 Å². The van der Waals surface area contributed by atoms with Crippen molar-refractivity contribution in [2.45, 2.75) is 12.5 Å².